The van der Waals surface area contributed by atoms with Gasteiger partial charge in [-0.3, -0.25) is 0 Å². The summed E-state index contributed by atoms with van der Waals surface area (Å²) in [5, 5.41) is 4.37. The van der Waals surface area contributed by atoms with E-state index >= 15 is 0 Å². The molecule has 38 heavy (non-hydrogen) atoms. The molecule has 7 heteroatoms. The second-order valence-electron chi connectivity index (χ2n) is 9.64. The number of ether oxygens (including phenoxy) is 1. The van der Waals surface area contributed by atoms with E-state index in [1.807, 2.05) is 6.07 Å². The molecular formula is C31H32N2O4S. The first kappa shape index (κ1) is 25.9. The van der Waals surface area contributed by atoms with Crippen LogP contribution in [0.15, 0.2) is 96.0 Å². The van der Waals surface area contributed by atoms with E-state index in [9.17, 15) is 13.2 Å². The van der Waals surface area contributed by atoms with Crippen LogP contribution in [0, 0.1) is 0 Å². The van der Waals surface area contributed by atoms with Crippen LogP contribution in [0.2, 0.25) is 0 Å². The Morgan fingerprint density at radius 2 is 1.74 bits per heavy atom. The van der Waals surface area contributed by atoms with E-state index in [-0.39, 0.29) is 4.90 Å². The summed E-state index contributed by atoms with van der Waals surface area (Å²) in [6, 6.07) is 24.4. The monoisotopic (exact) mass is 528 g/mol. The molecule has 0 aliphatic carbocycles. The third-order valence-corrected chi connectivity index (χ3v) is 8.88. The lowest BCUT2D eigenvalue weighted by Gasteiger charge is -2.24. The zero-order valence-electron chi connectivity index (χ0n) is 21.5. The molecule has 0 spiro atoms. The molecule has 1 atom stereocenters. The van der Waals surface area contributed by atoms with Crippen molar-refractivity contribution in [2.75, 3.05) is 13.7 Å². The topological polar surface area (TPSA) is 77.4 Å². The van der Waals surface area contributed by atoms with Crippen molar-refractivity contribution < 1.29 is 17.9 Å². The number of esters is 1. The molecule has 1 N–H and O–H groups in total. The van der Waals surface area contributed by atoms with Crippen LogP contribution in [0.5, 0.6) is 0 Å². The van der Waals surface area contributed by atoms with Gasteiger partial charge < -0.3 is 10.1 Å². The van der Waals surface area contributed by atoms with E-state index in [2.05, 4.69) is 35.7 Å². The number of aryl methyl sites for hydroxylation is 1. The van der Waals surface area contributed by atoms with Crippen molar-refractivity contribution in [2.24, 2.45) is 0 Å². The number of methoxy groups -OCH3 is 1. The van der Waals surface area contributed by atoms with Crippen LogP contribution >= 0.6 is 0 Å². The van der Waals surface area contributed by atoms with Crippen molar-refractivity contribution in [3.8, 4) is 0 Å². The molecule has 0 fully saturated rings. The van der Waals surface area contributed by atoms with Crippen molar-refractivity contribution in [1.29, 1.82) is 0 Å². The first-order valence-electron chi connectivity index (χ1n) is 13.0. The van der Waals surface area contributed by atoms with E-state index in [0.29, 0.717) is 23.5 Å². The Bertz CT molecular complexity index is 1560. The number of benzene rings is 3. The minimum Gasteiger partial charge on any atom is -0.465 e. The largest absolute Gasteiger partial charge is 0.465 e. The molecule has 196 valence electrons. The number of aromatic nitrogens is 1. The molecule has 1 unspecified atom stereocenters. The number of rotatable bonds is 9. The minimum absolute atomic E-state index is 0.228. The molecule has 1 aromatic heterocycles. The van der Waals surface area contributed by atoms with Crippen LogP contribution < -0.4 is 5.32 Å². The zero-order valence-corrected chi connectivity index (χ0v) is 22.3. The molecule has 5 rings (SSSR count). The number of carbonyl (C=O) groups excluding carboxylic acids is 1. The van der Waals surface area contributed by atoms with Gasteiger partial charge in [-0.15, -0.1) is 0 Å². The van der Waals surface area contributed by atoms with Gasteiger partial charge in [0.15, 0.2) is 0 Å². The molecule has 0 saturated carbocycles. The summed E-state index contributed by atoms with van der Waals surface area (Å²) in [5.74, 6) is -0.442. The van der Waals surface area contributed by atoms with Crippen molar-refractivity contribution >= 4 is 32.5 Å². The fraction of sp³-hybridized carbons (Fsp3) is 0.258. The molecule has 2 heterocycles. The Balaban J connectivity index is 1.33. The lowest BCUT2D eigenvalue weighted by molar-refractivity contribution is 0.0601. The molecule has 0 amide bonds. The Morgan fingerprint density at radius 1 is 1.00 bits per heavy atom. The number of hydrogen-bond donors (Lipinski definition) is 1. The minimum atomic E-state index is -3.78. The van der Waals surface area contributed by atoms with E-state index in [1.54, 1.807) is 54.7 Å². The quantitative estimate of drug-likeness (QED) is 0.219. The van der Waals surface area contributed by atoms with Crippen molar-refractivity contribution in [3.63, 3.8) is 0 Å². The SMILES string of the molecule is COC(=O)c1ccc2c(c1)c(CCCCC1CC(c3ccccc3)=CCN1)cn2S(=O)(=O)c1ccccc1. The van der Waals surface area contributed by atoms with Crippen LogP contribution in [-0.2, 0) is 21.2 Å². The van der Waals surface area contributed by atoms with Gasteiger partial charge in [0.25, 0.3) is 10.0 Å². The van der Waals surface area contributed by atoms with Crippen LogP contribution in [-0.4, -0.2) is 38.1 Å². The predicted molar refractivity (Wildman–Crippen MR) is 151 cm³/mol. The standard InChI is InChI=1S/C31H32N2O4S/c1-37-31(34)25-16-17-30-29(21-25)26(22-33(30)38(35,36)28-14-6-3-7-15-28)12-8-9-13-27-20-24(18-19-32-27)23-10-4-2-5-11-23/h2-7,10-11,14-18,21-22,27,32H,8-9,12-13,19-20H2,1H3. The molecule has 3 aromatic carbocycles. The van der Waals surface area contributed by atoms with Gasteiger partial charge in [-0.2, -0.15) is 0 Å². The van der Waals surface area contributed by atoms with Gasteiger partial charge in [0.05, 0.1) is 23.1 Å². The summed E-state index contributed by atoms with van der Waals surface area (Å²) in [6.07, 6.45) is 8.66. The molecular weight excluding hydrogens is 496 g/mol. The first-order chi connectivity index (χ1) is 18.5. The second kappa shape index (κ2) is 11.4. The fourth-order valence-corrected chi connectivity index (χ4v) is 6.60. The maximum absolute atomic E-state index is 13.5. The van der Waals surface area contributed by atoms with Crippen LogP contribution in [0.4, 0.5) is 0 Å². The molecule has 0 radical (unpaired) electrons. The third-order valence-electron chi connectivity index (χ3n) is 7.19. The molecule has 6 nitrogen and oxygen atoms in total. The van der Waals surface area contributed by atoms with Gasteiger partial charge in [-0.05, 0) is 72.7 Å². The molecule has 1 aliphatic heterocycles. The molecule has 0 bridgehead atoms. The van der Waals surface area contributed by atoms with Crippen LogP contribution in [0.25, 0.3) is 16.5 Å². The predicted octanol–water partition coefficient (Wildman–Crippen LogP) is 5.82. The van der Waals surface area contributed by atoms with E-state index < -0.39 is 16.0 Å². The zero-order chi connectivity index (χ0) is 26.5. The lowest BCUT2D eigenvalue weighted by Crippen LogP contribution is -2.32. The summed E-state index contributed by atoms with van der Waals surface area (Å²) < 4.78 is 33.2. The van der Waals surface area contributed by atoms with Crippen molar-refractivity contribution in [1.82, 2.24) is 9.29 Å². The van der Waals surface area contributed by atoms with Crippen molar-refractivity contribution in [3.05, 3.63) is 108 Å². The average molecular weight is 529 g/mol. The van der Waals surface area contributed by atoms with E-state index in [4.69, 9.17) is 4.74 Å². The number of unbranched alkanes of at least 4 members (excludes halogenated alkanes) is 1. The smallest absolute Gasteiger partial charge is 0.337 e. The number of fused-ring (bicyclic) bond motifs is 1. The highest BCUT2D eigenvalue weighted by atomic mass is 32.2. The van der Waals surface area contributed by atoms with Gasteiger partial charge in [0.1, 0.15) is 0 Å². The number of nitrogens with zero attached hydrogens (tertiary/aromatic N) is 1. The highest BCUT2D eigenvalue weighted by molar-refractivity contribution is 7.90. The summed E-state index contributed by atoms with van der Waals surface area (Å²) in [5.41, 5.74) is 4.55. The van der Waals surface area contributed by atoms with Crippen LogP contribution in [0.3, 0.4) is 0 Å². The van der Waals surface area contributed by atoms with Crippen LogP contribution in [0.1, 0.15) is 47.2 Å². The summed E-state index contributed by atoms with van der Waals surface area (Å²) in [7, 11) is -2.44. The number of hydrogen-bond acceptors (Lipinski definition) is 5. The normalized spacial score (nSPS) is 15.8. The lowest BCUT2D eigenvalue weighted by atomic mass is 9.92. The highest BCUT2D eigenvalue weighted by Gasteiger charge is 2.22. The maximum atomic E-state index is 13.5. The van der Waals surface area contributed by atoms with E-state index in [1.165, 1.54) is 22.2 Å². The average Bonchev–Trinajstić information content (AvgIpc) is 3.34. The second-order valence-corrected chi connectivity index (χ2v) is 11.5. The Morgan fingerprint density at radius 3 is 2.47 bits per heavy atom. The summed E-state index contributed by atoms with van der Waals surface area (Å²) >= 11 is 0. The number of nitrogens with one attached hydrogen (secondary N) is 1. The molecule has 4 aromatic rings. The van der Waals surface area contributed by atoms with Gasteiger partial charge in [-0.25, -0.2) is 17.2 Å². The molecule has 0 saturated heterocycles. The van der Waals surface area contributed by atoms with Gasteiger partial charge in [-0.1, -0.05) is 61.0 Å². The summed E-state index contributed by atoms with van der Waals surface area (Å²) in [6.45, 7) is 0.871. The Kier molecular flexibility index (Phi) is 7.77. The maximum Gasteiger partial charge on any atom is 0.337 e. The van der Waals surface area contributed by atoms with Crippen molar-refractivity contribution in [2.45, 2.75) is 43.0 Å². The Labute approximate surface area is 224 Å². The fourth-order valence-electron chi connectivity index (χ4n) is 5.18. The van der Waals surface area contributed by atoms with E-state index in [0.717, 1.165) is 43.2 Å². The number of carbonyl (C=O) groups is 1. The first-order valence-corrected chi connectivity index (χ1v) is 14.4. The highest BCUT2D eigenvalue weighted by Crippen LogP contribution is 2.29. The van der Waals surface area contributed by atoms with Gasteiger partial charge >= 0.3 is 5.97 Å². The summed E-state index contributed by atoms with van der Waals surface area (Å²) in [4.78, 5) is 12.4. The Hall–Kier alpha value is -3.68. The van der Waals surface area contributed by atoms with Gasteiger partial charge in [0, 0.05) is 24.2 Å². The van der Waals surface area contributed by atoms with Gasteiger partial charge in [0.2, 0.25) is 0 Å². The third kappa shape index (κ3) is 5.44. The molecule has 1 aliphatic rings.